The topological polar surface area (TPSA) is 60.4 Å². The van der Waals surface area contributed by atoms with Gasteiger partial charge in [-0.15, -0.1) is 0 Å². The summed E-state index contributed by atoms with van der Waals surface area (Å²) in [6.45, 7) is 4.54. The average Bonchev–Trinajstić information content (AvgIpc) is 1.86. The molecule has 0 bridgehead atoms. The van der Waals surface area contributed by atoms with Crippen LogP contribution < -0.4 is 0 Å². The molecule has 0 rings (SSSR count). The molecular weight excluding hydrogens is 191 g/mol. The van der Waals surface area contributed by atoms with Gasteiger partial charge in [0, 0.05) is 6.08 Å². The second-order valence-corrected chi connectivity index (χ2v) is 2.99. The van der Waals surface area contributed by atoms with Crippen LogP contribution in [0.5, 0.6) is 0 Å². The Bertz CT molecular complexity index is 278. The van der Waals surface area contributed by atoms with Gasteiger partial charge in [-0.3, -0.25) is 0 Å². The molecule has 0 fully saturated rings. The summed E-state index contributed by atoms with van der Waals surface area (Å²) in [5.41, 5.74) is 0. The van der Waals surface area contributed by atoms with Crippen molar-refractivity contribution in [1.82, 2.24) is 0 Å². The third-order valence-corrected chi connectivity index (χ3v) is 1.67. The third-order valence-electron chi connectivity index (χ3n) is 0.668. The molecule has 0 aliphatic carbocycles. The van der Waals surface area contributed by atoms with E-state index in [0.717, 1.165) is 11.5 Å². The molecule has 0 aliphatic heterocycles. The molecule has 0 aromatic rings. The summed E-state index contributed by atoms with van der Waals surface area (Å²) in [5, 5.41) is 0.786. The van der Waals surface area contributed by atoms with Gasteiger partial charge in [0.25, 0.3) is 0 Å². The van der Waals surface area contributed by atoms with Crippen molar-refractivity contribution in [2.45, 2.75) is 6.92 Å². The number of carbonyl (C=O) groups excluding carboxylic acids is 1. The molecule has 0 aliphatic rings. The third kappa shape index (κ3) is 6.60. The van der Waals surface area contributed by atoms with E-state index in [1.165, 1.54) is 13.0 Å². The zero-order valence-corrected chi connectivity index (χ0v) is 6.80. The summed E-state index contributed by atoms with van der Waals surface area (Å²) in [5.74, 6) is -0.983. The van der Waals surface area contributed by atoms with Gasteiger partial charge in [-0.2, -0.15) is 8.42 Å². The Hall–Kier alpha value is -0.100. The first-order chi connectivity index (χ1) is 5.02. The van der Waals surface area contributed by atoms with Gasteiger partial charge in [0.2, 0.25) is 0 Å². The minimum atomic E-state index is -3.84. The molecular formula is C6H9NaO4S. The van der Waals surface area contributed by atoms with Gasteiger partial charge >= 0.3 is 45.6 Å². The van der Waals surface area contributed by atoms with E-state index in [1.807, 2.05) is 0 Å². The first kappa shape index (κ1) is 14.4. The Morgan fingerprint density at radius 3 is 2.33 bits per heavy atom. The molecule has 0 atom stereocenters. The van der Waals surface area contributed by atoms with E-state index >= 15 is 0 Å². The average molecular weight is 200 g/mol. The van der Waals surface area contributed by atoms with E-state index < -0.39 is 16.1 Å². The summed E-state index contributed by atoms with van der Waals surface area (Å²) < 4.78 is 25.2. The van der Waals surface area contributed by atoms with Gasteiger partial charge in [0.05, 0.1) is 5.41 Å². The van der Waals surface area contributed by atoms with Gasteiger partial charge < -0.3 is 4.18 Å². The molecule has 0 heterocycles. The van der Waals surface area contributed by atoms with E-state index in [4.69, 9.17) is 0 Å². The number of hydrogen-bond acceptors (Lipinski definition) is 4. The summed E-state index contributed by atoms with van der Waals surface area (Å²) >= 11 is 0. The first-order valence-corrected chi connectivity index (χ1v) is 4.22. The Labute approximate surface area is 93.7 Å². The van der Waals surface area contributed by atoms with Crippen LogP contribution in [0, 0.1) is 0 Å². The van der Waals surface area contributed by atoms with Gasteiger partial charge in [-0.25, -0.2) is 4.79 Å². The quantitative estimate of drug-likeness (QED) is 0.363. The molecule has 6 heteroatoms. The van der Waals surface area contributed by atoms with Crippen molar-refractivity contribution in [2.24, 2.45) is 0 Å². The van der Waals surface area contributed by atoms with Gasteiger partial charge in [-0.1, -0.05) is 12.7 Å². The number of hydrogen-bond donors (Lipinski definition) is 0. The van der Waals surface area contributed by atoms with E-state index in [2.05, 4.69) is 10.8 Å². The van der Waals surface area contributed by atoms with E-state index in [1.54, 1.807) is 0 Å². The van der Waals surface area contributed by atoms with Crippen LogP contribution in [0.2, 0.25) is 0 Å². The number of allylic oxidation sites excluding steroid dienone is 1. The normalized spacial score (nSPS) is 10.4. The predicted octanol–water partition coefficient (Wildman–Crippen LogP) is -0.0695. The Morgan fingerprint density at radius 1 is 1.50 bits per heavy atom. The van der Waals surface area contributed by atoms with Crippen molar-refractivity contribution in [2.75, 3.05) is 0 Å². The predicted molar refractivity (Wildman–Crippen MR) is 47.2 cm³/mol. The monoisotopic (exact) mass is 200 g/mol. The van der Waals surface area contributed by atoms with Crippen molar-refractivity contribution in [3.8, 4) is 0 Å². The number of carbonyl (C=O) groups is 1. The molecule has 0 aromatic heterocycles. The second-order valence-electron chi connectivity index (χ2n) is 1.57. The second kappa shape index (κ2) is 6.42. The van der Waals surface area contributed by atoms with Crippen molar-refractivity contribution in [3.05, 3.63) is 24.1 Å². The SMILES string of the molecule is C=CC(=O)OS(=O)(=O)C=CC.[NaH]. The first-order valence-electron chi connectivity index (χ1n) is 2.75. The molecule has 4 nitrogen and oxygen atoms in total. The van der Waals surface area contributed by atoms with E-state index in [0.29, 0.717) is 0 Å². The molecule has 0 aromatic carbocycles. The zero-order chi connectivity index (χ0) is 8.91. The minimum absolute atomic E-state index is 0. The van der Waals surface area contributed by atoms with Gasteiger partial charge in [0.1, 0.15) is 0 Å². The van der Waals surface area contributed by atoms with E-state index in [-0.39, 0.29) is 29.6 Å². The Morgan fingerprint density at radius 2 is 2.00 bits per heavy atom. The van der Waals surface area contributed by atoms with Crippen molar-refractivity contribution < 1.29 is 17.4 Å². The Kier molecular flexibility index (Phi) is 7.72. The Balaban J connectivity index is 0. The van der Waals surface area contributed by atoms with Crippen molar-refractivity contribution in [1.29, 1.82) is 0 Å². The summed E-state index contributed by atoms with van der Waals surface area (Å²) in [7, 11) is -3.84. The molecule has 0 saturated heterocycles. The maximum atomic E-state index is 10.6. The summed E-state index contributed by atoms with van der Waals surface area (Å²) in [6.07, 6.45) is 2.03. The zero-order valence-electron chi connectivity index (χ0n) is 5.98. The molecule has 0 unspecified atom stereocenters. The number of rotatable bonds is 3. The van der Waals surface area contributed by atoms with E-state index in [9.17, 15) is 13.2 Å². The molecule has 0 saturated carbocycles. The van der Waals surface area contributed by atoms with Crippen LogP contribution in [-0.4, -0.2) is 43.9 Å². The standard InChI is InChI=1S/C6H8O4S.Na.H/c1-3-5-11(8,9)10-6(7)4-2;;/h3-5H,2H2,1H3;;. The van der Waals surface area contributed by atoms with Gasteiger partial charge in [-0.05, 0) is 6.92 Å². The van der Waals surface area contributed by atoms with Crippen LogP contribution >= 0.6 is 0 Å². The van der Waals surface area contributed by atoms with Crippen LogP contribution in [0.3, 0.4) is 0 Å². The van der Waals surface area contributed by atoms with Crippen LogP contribution in [-0.2, 0) is 19.1 Å². The molecule has 12 heavy (non-hydrogen) atoms. The van der Waals surface area contributed by atoms with Crippen LogP contribution in [0.15, 0.2) is 24.1 Å². The molecule has 0 N–H and O–H groups in total. The van der Waals surface area contributed by atoms with Crippen molar-refractivity contribution >= 4 is 45.6 Å². The molecule has 0 radical (unpaired) electrons. The fourth-order valence-electron chi connectivity index (χ4n) is 0.343. The molecule has 64 valence electrons. The maximum absolute atomic E-state index is 10.6. The van der Waals surface area contributed by atoms with Crippen LogP contribution in [0.4, 0.5) is 0 Å². The summed E-state index contributed by atoms with van der Waals surface area (Å²) in [6, 6.07) is 0. The van der Waals surface area contributed by atoms with Crippen LogP contribution in [0.25, 0.3) is 0 Å². The fraction of sp³-hybridized carbons (Fsp3) is 0.167. The summed E-state index contributed by atoms with van der Waals surface area (Å²) in [4.78, 5) is 10.3. The fourth-order valence-corrected chi connectivity index (χ4v) is 1.03. The van der Waals surface area contributed by atoms with Crippen molar-refractivity contribution in [3.63, 3.8) is 0 Å². The molecule has 0 amide bonds. The molecule has 0 spiro atoms. The van der Waals surface area contributed by atoms with Crippen LogP contribution in [0.1, 0.15) is 6.92 Å². The van der Waals surface area contributed by atoms with Gasteiger partial charge in [0.15, 0.2) is 0 Å².